The van der Waals surface area contributed by atoms with Crippen LogP contribution < -0.4 is 21.1 Å². The van der Waals surface area contributed by atoms with Crippen LogP contribution in [-0.2, 0) is 34.7 Å². The van der Waals surface area contributed by atoms with Gasteiger partial charge in [-0.3, -0.25) is 48.5 Å². The van der Waals surface area contributed by atoms with Gasteiger partial charge in [0.15, 0.2) is 5.78 Å². The maximum atomic E-state index is 13.6. The Labute approximate surface area is 368 Å². The normalized spacial score (nSPS) is 20.1. The molecule has 4 amide bonds. The molecule has 3 aromatic heterocycles. The fourth-order valence-electron chi connectivity index (χ4n) is 10.4. The van der Waals surface area contributed by atoms with Gasteiger partial charge in [-0.2, -0.15) is 4.98 Å². The van der Waals surface area contributed by atoms with Crippen molar-refractivity contribution in [1.82, 2.24) is 34.6 Å². The highest BCUT2D eigenvalue weighted by Gasteiger charge is 2.46. The zero-order valence-corrected chi connectivity index (χ0v) is 35.9. The van der Waals surface area contributed by atoms with Gasteiger partial charge in [0.1, 0.15) is 17.5 Å². The minimum atomic E-state index is -1.17. The number of benzene rings is 2. The monoisotopic (exact) mass is 863 g/mol. The van der Waals surface area contributed by atoms with Crippen LogP contribution in [-0.4, -0.2) is 89.5 Å². The molecule has 1 atom stereocenters. The molecule has 7 heterocycles. The Bertz CT molecular complexity index is 2840. The molecule has 16 nitrogen and oxygen atoms in total. The number of piperidine rings is 2. The number of aliphatic hydroxyl groups is 1. The van der Waals surface area contributed by atoms with E-state index in [1.807, 2.05) is 18.3 Å². The van der Waals surface area contributed by atoms with Gasteiger partial charge in [-0.15, -0.1) is 0 Å². The first-order chi connectivity index (χ1) is 30.8. The van der Waals surface area contributed by atoms with Crippen LogP contribution >= 0.6 is 0 Å². The second-order valence-corrected chi connectivity index (χ2v) is 17.9. The Kier molecular flexibility index (Phi) is 10.4. The number of carbonyl (C=O) groups is 5. The van der Waals surface area contributed by atoms with Gasteiger partial charge in [-0.05, 0) is 104 Å². The lowest BCUT2D eigenvalue weighted by Crippen LogP contribution is -2.54. The summed E-state index contributed by atoms with van der Waals surface area (Å²) >= 11 is 0. The number of anilines is 3. The van der Waals surface area contributed by atoms with Crippen LogP contribution in [0, 0.1) is 6.92 Å². The number of aryl methyl sites for hydroxylation is 1. The number of hydrogen-bond acceptors (Lipinski definition) is 13. The molecule has 64 heavy (non-hydrogen) atoms. The number of nitrogens with one attached hydrogen (secondary N) is 2. The Hall–Kier alpha value is -6.65. The summed E-state index contributed by atoms with van der Waals surface area (Å²) in [4.78, 5) is 96.5. The van der Waals surface area contributed by atoms with Crippen molar-refractivity contribution in [2.45, 2.75) is 102 Å². The van der Waals surface area contributed by atoms with Crippen LogP contribution in [0.25, 0.3) is 11.0 Å². The first-order valence-electron chi connectivity index (χ1n) is 22.2. The Morgan fingerprint density at radius 3 is 2.39 bits per heavy atom. The van der Waals surface area contributed by atoms with Gasteiger partial charge in [0.05, 0.1) is 34.2 Å². The Morgan fingerprint density at radius 1 is 0.875 bits per heavy atom. The molecule has 0 radical (unpaired) electrons. The molecule has 4 aliphatic heterocycles. The minimum absolute atomic E-state index is 0.00648. The van der Waals surface area contributed by atoms with E-state index in [1.165, 1.54) is 23.6 Å². The summed E-state index contributed by atoms with van der Waals surface area (Å²) in [6, 6.07) is 14.4. The molecule has 0 spiro atoms. The maximum Gasteiger partial charge on any atom is 0.263 e. The number of ketones is 1. The minimum Gasteiger partial charge on any atom is -0.385 e. The molecule has 1 unspecified atom stereocenters. The molecule has 1 aliphatic carbocycles. The van der Waals surface area contributed by atoms with Crippen molar-refractivity contribution >= 4 is 57.9 Å². The van der Waals surface area contributed by atoms with Gasteiger partial charge in [-0.1, -0.05) is 37.1 Å². The smallest absolute Gasteiger partial charge is 0.263 e. The number of aromatic nitrogens is 4. The standard InChI is InChI=1S/C48H49N9O7/c1-27-37-24-50-47(53-42(37)56(33-5-3-4-6-33)46(63)41(27)28(2)58)51-39-13-10-34(23-49-39)55-18-15-30-21-29(7-8-31(30)26-55)25-54-19-16-48(64,17-20-54)32-9-11-35-36(22-32)45(62)57(44(35)61)38-12-14-40(59)52-43(38)60/h7-11,13,21-24,33,38,64H,3-6,12,14-20,25-26H2,1-2H3,(H,52,59,60)(H,49,50,51,53). The summed E-state index contributed by atoms with van der Waals surface area (Å²) in [5, 5.41) is 17.9. The highest BCUT2D eigenvalue weighted by atomic mass is 16.3. The number of hydrogen-bond donors (Lipinski definition) is 3. The van der Waals surface area contributed by atoms with E-state index >= 15 is 0 Å². The first-order valence-corrected chi connectivity index (χ1v) is 22.2. The number of imide groups is 2. The van der Waals surface area contributed by atoms with E-state index < -0.39 is 35.3 Å². The number of likely N-dealkylation sites (tertiary alicyclic amines) is 1. The second-order valence-electron chi connectivity index (χ2n) is 17.9. The number of Topliss-reactive ketones (excluding diaryl/α,β-unsaturated/α-hetero) is 1. The summed E-state index contributed by atoms with van der Waals surface area (Å²) in [5.41, 5.74) is 5.58. The first kappa shape index (κ1) is 41.4. The number of nitrogens with zero attached hydrogens (tertiary/aromatic N) is 7. The average molecular weight is 864 g/mol. The van der Waals surface area contributed by atoms with E-state index in [0.29, 0.717) is 59.9 Å². The van der Waals surface area contributed by atoms with E-state index in [0.717, 1.165) is 62.3 Å². The number of fused-ring (bicyclic) bond motifs is 3. The maximum absolute atomic E-state index is 13.6. The molecular formula is C48H49N9O7. The summed E-state index contributed by atoms with van der Waals surface area (Å²) in [5.74, 6) is -1.58. The highest BCUT2D eigenvalue weighted by Crippen LogP contribution is 2.38. The Balaban J connectivity index is 0.760. The van der Waals surface area contributed by atoms with E-state index in [4.69, 9.17) is 9.97 Å². The summed E-state index contributed by atoms with van der Waals surface area (Å²) in [6.45, 7) is 6.81. The number of rotatable bonds is 9. The van der Waals surface area contributed by atoms with Gasteiger partial charge >= 0.3 is 0 Å². The lowest BCUT2D eigenvalue weighted by Gasteiger charge is -2.39. The number of amides is 4. The Morgan fingerprint density at radius 2 is 1.66 bits per heavy atom. The summed E-state index contributed by atoms with van der Waals surface area (Å²) in [6.07, 6.45) is 9.24. The molecule has 3 N–H and O–H groups in total. The van der Waals surface area contributed by atoms with Crippen LogP contribution in [0.4, 0.5) is 17.5 Å². The van der Waals surface area contributed by atoms with Crippen molar-refractivity contribution in [3.63, 3.8) is 0 Å². The molecule has 1 saturated carbocycles. The van der Waals surface area contributed by atoms with E-state index in [-0.39, 0.29) is 46.9 Å². The third-order valence-electron chi connectivity index (χ3n) is 14.0. The molecule has 5 aliphatic rings. The zero-order chi connectivity index (χ0) is 44.4. The predicted molar refractivity (Wildman–Crippen MR) is 236 cm³/mol. The molecule has 5 aromatic rings. The third-order valence-corrected chi connectivity index (χ3v) is 14.0. The highest BCUT2D eigenvalue weighted by molar-refractivity contribution is 6.23. The van der Waals surface area contributed by atoms with E-state index in [1.54, 1.807) is 35.9 Å². The van der Waals surface area contributed by atoms with Crippen molar-refractivity contribution < 1.29 is 29.1 Å². The average Bonchev–Trinajstić information content (AvgIpc) is 3.90. The lowest BCUT2D eigenvalue weighted by molar-refractivity contribution is -0.136. The van der Waals surface area contributed by atoms with Crippen LogP contribution in [0.3, 0.4) is 0 Å². The molecule has 16 heteroatoms. The van der Waals surface area contributed by atoms with Crippen molar-refractivity contribution in [1.29, 1.82) is 0 Å². The molecule has 2 saturated heterocycles. The van der Waals surface area contributed by atoms with Crippen LogP contribution in [0.5, 0.6) is 0 Å². The fourth-order valence-corrected chi connectivity index (χ4v) is 10.4. The molecule has 3 fully saturated rings. The van der Waals surface area contributed by atoms with Crippen molar-refractivity contribution in [3.05, 3.63) is 116 Å². The third kappa shape index (κ3) is 7.33. The quantitative estimate of drug-likeness (QED) is 0.132. The molecule has 2 aromatic carbocycles. The fraction of sp³-hybridized carbons (Fsp3) is 0.396. The molecule has 10 rings (SSSR count). The molecular weight excluding hydrogens is 815 g/mol. The van der Waals surface area contributed by atoms with Gasteiger partial charge in [-0.25, -0.2) is 9.97 Å². The van der Waals surface area contributed by atoms with Crippen LogP contribution in [0.1, 0.15) is 123 Å². The van der Waals surface area contributed by atoms with Crippen LogP contribution in [0.2, 0.25) is 0 Å². The summed E-state index contributed by atoms with van der Waals surface area (Å²) in [7, 11) is 0. The molecule has 328 valence electrons. The molecule has 0 bridgehead atoms. The van der Waals surface area contributed by atoms with Crippen molar-refractivity contribution in [3.8, 4) is 0 Å². The van der Waals surface area contributed by atoms with Crippen LogP contribution in [0.15, 0.2) is 65.7 Å². The largest absolute Gasteiger partial charge is 0.385 e. The van der Waals surface area contributed by atoms with Crippen molar-refractivity contribution in [2.24, 2.45) is 0 Å². The van der Waals surface area contributed by atoms with Gasteiger partial charge in [0.25, 0.3) is 17.4 Å². The predicted octanol–water partition coefficient (Wildman–Crippen LogP) is 5.00. The topological polar surface area (TPSA) is 200 Å². The van der Waals surface area contributed by atoms with E-state index in [2.05, 4.69) is 43.6 Å². The summed E-state index contributed by atoms with van der Waals surface area (Å²) < 4.78 is 1.71. The second kappa shape index (κ2) is 16.2. The number of carbonyl (C=O) groups excluding carboxylic acids is 5. The van der Waals surface area contributed by atoms with E-state index in [9.17, 15) is 33.9 Å². The SMILES string of the molecule is CC(=O)c1c(C)c2cnc(Nc3ccc(N4CCc5cc(CN6CCC(O)(c7ccc8c(c7)C(=O)N(C7CCC(=O)NC7=O)C8=O)CC6)ccc5C4)cn3)nc2n(C2CCCC2)c1=O. The van der Waals surface area contributed by atoms with Crippen molar-refractivity contribution in [2.75, 3.05) is 29.9 Å². The van der Waals surface area contributed by atoms with Gasteiger partial charge in [0, 0.05) is 56.8 Å². The number of pyridine rings is 2. The van der Waals surface area contributed by atoms with Gasteiger partial charge < -0.3 is 15.3 Å². The lowest BCUT2D eigenvalue weighted by atomic mass is 9.83. The van der Waals surface area contributed by atoms with Gasteiger partial charge in [0.2, 0.25) is 17.8 Å². The zero-order valence-electron chi connectivity index (χ0n) is 35.9.